The van der Waals surface area contributed by atoms with Gasteiger partial charge in [0.25, 0.3) is 0 Å². The molecule has 0 bridgehead atoms. The van der Waals surface area contributed by atoms with Crippen molar-refractivity contribution < 1.29 is 4.79 Å². The van der Waals surface area contributed by atoms with Gasteiger partial charge < -0.3 is 10.2 Å². The molecule has 5 nitrogen and oxygen atoms in total. The Kier molecular flexibility index (Phi) is 5.60. The van der Waals surface area contributed by atoms with Crippen LogP contribution in [0.5, 0.6) is 0 Å². The van der Waals surface area contributed by atoms with Crippen molar-refractivity contribution in [1.29, 1.82) is 0 Å². The van der Waals surface area contributed by atoms with Crippen molar-refractivity contribution in [1.82, 2.24) is 15.3 Å². The molecule has 2 aromatic rings. The van der Waals surface area contributed by atoms with Gasteiger partial charge in [0.15, 0.2) is 0 Å². The Hall–Kier alpha value is -2.43. The summed E-state index contributed by atoms with van der Waals surface area (Å²) in [5, 5.41) is 3.32. The van der Waals surface area contributed by atoms with Gasteiger partial charge in [0.2, 0.25) is 5.91 Å². The van der Waals surface area contributed by atoms with Gasteiger partial charge in [-0.25, -0.2) is 4.98 Å². The van der Waals surface area contributed by atoms with Crippen LogP contribution in [0.15, 0.2) is 42.9 Å². The number of hydrogen-bond donors (Lipinski definition) is 1. The molecule has 5 heteroatoms. The van der Waals surface area contributed by atoms with Gasteiger partial charge in [-0.05, 0) is 38.2 Å². The third-order valence-electron chi connectivity index (χ3n) is 6.53. The highest BCUT2D eigenvalue weighted by Gasteiger charge is 2.36. The molecule has 2 heterocycles. The first-order valence-electron chi connectivity index (χ1n) is 10.5. The van der Waals surface area contributed by atoms with Crippen molar-refractivity contribution in [3.63, 3.8) is 0 Å². The van der Waals surface area contributed by atoms with E-state index in [4.69, 9.17) is 0 Å². The number of aryl methyl sites for hydroxylation is 1. The van der Waals surface area contributed by atoms with Crippen LogP contribution in [-0.4, -0.2) is 35.5 Å². The van der Waals surface area contributed by atoms with E-state index in [0.717, 1.165) is 38.3 Å². The van der Waals surface area contributed by atoms with Gasteiger partial charge in [-0.1, -0.05) is 42.7 Å². The van der Waals surface area contributed by atoms with Crippen molar-refractivity contribution in [2.24, 2.45) is 5.92 Å². The van der Waals surface area contributed by atoms with Gasteiger partial charge >= 0.3 is 0 Å². The summed E-state index contributed by atoms with van der Waals surface area (Å²) in [7, 11) is 0. The number of hydrogen-bond acceptors (Lipinski definition) is 4. The summed E-state index contributed by atoms with van der Waals surface area (Å²) in [4.78, 5) is 23.6. The molecule has 2 aliphatic rings. The third-order valence-corrected chi connectivity index (χ3v) is 6.53. The Morgan fingerprint density at radius 1 is 1.21 bits per heavy atom. The van der Waals surface area contributed by atoms with Crippen LogP contribution >= 0.6 is 0 Å². The minimum atomic E-state index is 0.101. The zero-order valence-electron chi connectivity index (χ0n) is 16.7. The topological polar surface area (TPSA) is 58.1 Å². The maximum Gasteiger partial charge on any atom is 0.223 e. The van der Waals surface area contributed by atoms with E-state index in [2.05, 4.69) is 51.4 Å². The van der Waals surface area contributed by atoms with Crippen LogP contribution < -0.4 is 10.2 Å². The number of benzene rings is 1. The zero-order chi connectivity index (χ0) is 19.4. The number of anilines is 1. The molecular weight excluding hydrogens is 348 g/mol. The van der Waals surface area contributed by atoms with Gasteiger partial charge in [0.05, 0.1) is 6.20 Å². The number of piperidine rings is 1. The summed E-state index contributed by atoms with van der Waals surface area (Å²) in [6, 6.07) is 8.84. The molecule has 148 valence electrons. The van der Waals surface area contributed by atoms with Gasteiger partial charge in [-0.3, -0.25) is 9.78 Å². The molecule has 1 aromatic heterocycles. The Bertz CT molecular complexity index is 793. The number of amides is 1. The molecular formula is C23H30N4O. The molecule has 1 aliphatic heterocycles. The number of rotatable bonds is 5. The quantitative estimate of drug-likeness (QED) is 0.863. The lowest BCUT2D eigenvalue weighted by molar-refractivity contribution is -0.125. The lowest BCUT2D eigenvalue weighted by Crippen LogP contribution is -2.45. The minimum Gasteiger partial charge on any atom is -0.355 e. The highest BCUT2D eigenvalue weighted by Crippen LogP contribution is 2.41. The summed E-state index contributed by atoms with van der Waals surface area (Å²) >= 11 is 0. The molecule has 1 saturated carbocycles. The predicted octanol–water partition coefficient (Wildman–Crippen LogP) is 3.63. The zero-order valence-corrected chi connectivity index (χ0v) is 16.7. The van der Waals surface area contributed by atoms with Crippen LogP contribution in [0.2, 0.25) is 0 Å². The van der Waals surface area contributed by atoms with Crippen LogP contribution in [0, 0.1) is 12.8 Å². The second-order valence-corrected chi connectivity index (χ2v) is 8.40. The fourth-order valence-electron chi connectivity index (χ4n) is 4.82. The molecule has 4 rings (SSSR count). The van der Waals surface area contributed by atoms with Crippen molar-refractivity contribution in [3.8, 4) is 0 Å². The van der Waals surface area contributed by atoms with E-state index >= 15 is 0 Å². The van der Waals surface area contributed by atoms with E-state index < -0.39 is 0 Å². The van der Waals surface area contributed by atoms with E-state index in [0.29, 0.717) is 0 Å². The summed E-state index contributed by atoms with van der Waals surface area (Å²) in [5.41, 5.74) is 2.80. The van der Waals surface area contributed by atoms with Crippen LogP contribution in [-0.2, 0) is 10.2 Å². The van der Waals surface area contributed by atoms with Gasteiger partial charge in [-0.15, -0.1) is 0 Å². The molecule has 1 saturated heterocycles. The van der Waals surface area contributed by atoms with E-state index in [1.807, 2.05) is 0 Å². The standard InChI is InChI=1S/C23H30N4O/c1-18-5-4-6-20(15-18)23(9-2-3-10-23)17-26-22(28)19-7-13-27(14-8-19)21-16-24-11-12-25-21/h4-6,11-12,15-16,19H,2-3,7-10,13-14,17H2,1H3,(H,26,28). The summed E-state index contributed by atoms with van der Waals surface area (Å²) in [6.07, 6.45) is 11.8. The molecule has 1 aliphatic carbocycles. The first-order valence-corrected chi connectivity index (χ1v) is 10.5. The smallest absolute Gasteiger partial charge is 0.223 e. The van der Waals surface area contributed by atoms with E-state index in [1.165, 1.54) is 36.8 Å². The largest absolute Gasteiger partial charge is 0.355 e. The summed E-state index contributed by atoms with van der Waals surface area (Å²) in [6.45, 7) is 4.63. The fraction of sp³-hybridized carbons (Fsp3) is 0.522. The highest BCUT2D eigenvalue weighted by molar-refractivity contribution is 5.79. The van der Waals surface area contributed by atoms with Gasteiger partial charge in [0.1, 0.15) is 5.82 Å². The van der Waals surface area contributed by atoms with Crippen LogP contribution in [0.4, 0.5) is 5.82 Å². The number of carbonyl (C=O) groups excluding carboxylic acids is 1. The molecule has 0 unspecified atom stereocenters. The molecule has 28 heavy (non-hydrogen) atoms. The second kappa shape index (κ2) is 8.29. The second-order valence-electron chi connectivity index (χ2n) is 8.40. The average molecular weight is 379 g/mol. The van der Waals surface area contributed by atoms with Crippen molar-refractivity contribution >= 4 is 11.7 Å². The Morgan fingerprint density at radius 2 is 2.00 bits per heavy atom. The Morgan fingerprint density at radius 3 is 2.68 bits per heavy atom. The maximum atomic E-state index is 12.9. The monoisotopic (exact) mass is 378 g/mol. The predicted molar refractivity (Wildman–Crippen MR) is 111 cm³/mol. The number of nitrogens with zero attached hydrogens (tertiary/aromatic N) is 3. The molecule has 1 aromatic carbocycles. The van der Waals surface area contributed by atoms with E-state index in [1.54, 1.807) is 18.6 Å². The van der Waals surface area contributed by atoms with Crippen LogP contribution in [0.1, 0.15) is 49.7 Å². The first-order chi connectivity index (χ1) is 13.7. The fourth-order valence-corrected chi connectivity index (χ4v) is 4.82. The van der Waals surface area contributed by atoms with E-state index in [-0.39, 0.29) is 17.2 Å². The number of nitrogens with one attached hydrogen (secondary N) is 1. The maximum absolute atomic E-state index is 12.9. The average Bonchev–Trinajstić information content (AvgIpc) is 3.23. The van der Waals surface area contributed by atoms with Gasteiger partial charge in [-0.2, -0.15) is 0 Å². The summed E-state index contributed by atoms with van der Waals surface area (Å²) in [5.74, 6) is 1.23. The first kappa shape index (κ1) is 18.9. The SMILES string of the molecule is Cc1cccc(C2(CNC(=O)C3CCN(c4cnccn4)CC3)CCCC2)c1. The van der Waals surface area contributed by atoms with Gasteiger partial charge in [0, 0.05) is 43.4 Å². The third kappa shape index (κ3) is 4.03. The summed E-state index contributed by atoms with van der Waals surface area (Å²) < 4.78 is 0. The van der Waals surface area contributed by atoms with Crippen molar-refractivity contribution in [3.05, 3.63) is 54.0 Å². The molecule has 2 fully saturated rings. The lowest BCUT2D eigenvalue weighted by Gasteiger charge is -2.34. The normalized spacial score (nSPS) is 19.5. The minimum absolute atomic E-state index is 0.101. The van der Waals surface area contributed by atoms with Crippen molar-refractivity contribution in [2.45, 2.75) is 50.9 Å². The molecule has 0 spiro atoms. The van der Waals surface area contributed by atoms with Crippen molar-refractivity contribution in [2.75, 3.05) is 24.5 Å². The molecule has 0 atom stereocenters. The number of aromatic nitrogens is 2. The van der Waals surface area contributed by atoms with E-state index in [9.17, 15) is 4.79 Å². The highest BCUT2D eigenvalue weighted by atomic mass is 16.1. The lowest BCUT2D eigenvalue weighted by atomic mass is 9.78. The van der Waals surface area contributed by atoms with Crippen LogP contribution in [0.25, 0.3) is 0 Å². The molecule has 0 radical (unpaired) electrons. The number of carbonyl (C=O) groups is 1. The molecule has 1 N–H and O–H groups in total. The Labute approximate surface area is 167 Å². The van der Waals surface area contributed by atoms with Crippen LogP contribution in [0.3, 0.4) is 0 Å². The Balaban J connectivity index is 1.35. The molecule has 1 amide bonds.